The van der Waals surface area contributed by atoms with Crippen LogP contribution in [0.3, 0.4) is 0 Å². The van der Waals surface area contributed by atoms with Crippen molar-refractivity contribution in [2.24, 2.45) is 0 Å². The zero-order chi connectivity index (χ0) is 13.9. The first-order valence-electron chi connectivity index (χ1n) is 6.28. The topological polar surface area (TPSA) is 58.2 Å². The Bertz CT molecular complexity index is 515. The van der Waals surface area contributed by atoms with Crippen molar-refractivity contribution in [3.05, 3.63) is 16.3 Å². The second kappa shape index (κ2) is 6.13. The maximum absolute atomic E-state index is 12.2. The number of nitrogens with one attached hydrogen (secondary N) is 2. The fourth-order valence-electron chi connectivity index (χ4n) is 2.10. The van der Waals surface area contributed by atoms with E-state index in [9.17, 15) is 8.42 Å². The van der Waals surface area contributed by atoms with Crippen molar-refractivity contribution in [1.29, 1.82) is 0 Å². The van der Waals surface area contributed by atoms with Crippen LogP contribution in [0, 0.1) is 0 Å². The lowest BCUT2D eigenvalue weighted by Gasteiger charge is -2.40. The van der Waals surface area contributed by atoms with Crippen molar-refractivity contribution in [2.45, 2.75) is 35.4 Å². The molecule has 1 heterocycles. The smallest absolute Gasteiger partial charge is 0.241 e. The molecule has 1 aromatic rings. The summed E-state index contributed by atoms with van der Waals surface area (Å²) in [4.78, 5) is 1.42. The van der Waals surface area contributed by atoms with Gasteiger partial charge in [0.25, 0.3) is 0 Å². The van der Waals surface area contributed by atoms with Crippen molar-refractivity contribution in [2.75, 3.05) is 19.8 Å². The monoisotopic (exact) mass is 320 g/mol. The zero-order valence-electron chi connectivity index (χ0n) is 11.2. The highest BCUT2D eigenvalue weighted by atomic mass is 32.2. The average molecular weight is 321 g/mol. The summed E-state index contributed by atoms with van der Waals surface area (Å²) < 4.78 is 27.3. The molecule has 0 aliphatic heterocycles. The summed E-state index contributed by atoms with van der Waals surface area (Å²) in [5, 5.41) is 4.73. The molecule has 0 amide bonds. The molecule has 0 aromatic carbocycles. The van der Waals surface area contributed by atoms with Crippen LogP contribution in [0.2, 0.25) is 0 Å². The van der Waals surface area contributed by atoms with Gasteiger partial charge < -0.3 is 5.32 Å². The van der Waals surface area contributed by atoms with Crippen LogP contribution in [0.5, 0.6) is 0 Å². The van der Waals surface area contributed by atoms with Gasteiger partial charge >= 0.3 is 0 Å². The summed E-state index contributed by atoms with van der Waals surface area (Å²) in [5.74, 6) is 0. The molecule has 1 saturated carbocycles. The molecule has 7 heteroatoms. The molecular formula is C12H20N2O2S3. The Labute approximate surface area is 123 Å². The van der Waals surface area contributed by atoms with Gasteiger partial charge in [0, 0.05) is 28.1 Å². The van der Waals surface area contributed by atoms with E-state index in [4.69, 9.17) is 0 Å². The first-order chi connectivity index (χ1) is 9.01. The van der Waals surface area contributed by atoms with Crippen LogP contribution in [-0.2, 0) is 16.6 Å². The van der Waals surface area contributed by atoms with Gasteiger partial charge in [-0.15, -0.1) is 11.3 Å². The van der Waals surface area contributed by atoms with Crippen LogP contribution >= 0.6 is 23.1 Å². The lowest BCUT2D eigenvalue weighted by atomic mass is 9.84. The zero-order valence-corrected chi connectivity index (χ0v) is 13.7. The summed E-state index contributed by atoms with van der Waals surface area (Å²) in [6, 6.07) is 1.75. The van der Waals surface area contributed by atoms with Crippen molar-refractivity contribution in [3.63, 3.8) is 0 Å². The van der Waals surface area contributed by atoms with Crippen LogP contribution in [0.25, 0.3) is 0 Å². The van der Waals surface area contributed by atoms with E-state index in [1.54, 1.807) is 23.2 Å². The number of sulfonamides is 1. The fraction of sp³-hybridized carbons (Fsp3) is 0.667. The number of thioether (sulfide) groups is 1. The van der Waals surface area contributed by atoms with Crippen molar-refractivity contribution < 1.29 is 8.42 Å². The lowest BCUT2D eigenvalue weighted by molar-refractivity contribution is 0.362. The number of thiophene rings is 1. The van der Waals surface area contributed by atoms with Crippen molar-refractivity contribution in [1.82, 2.24) is 10.0 Å². The minimum atomic E-state index is -3.36. The van der Waals surface area contributed by atoms with Gasteiger partial charge in [0.05, 0.1) is 4.90 Å². The van der Waals surface area contributed by atoms with Crippen LogP contribution in [0.1, 0.15) is 24.1 Å². The van der Waals surface area contributed by atoms with Gasteiger partial charge in [0.1, 0.15) is 0 Å². The molecule has 0 bridgehead atoms. The predicted molar refractivity (Wildman–Crippen MR) is 82.4 cm³/mol. The molecule has 1 fully saturated rings. The Kier molecular flexibility index (Phi) is 4.94. The molecule has 2 N–H and O–H groups in total. The molecule has 2 rings (SSSR count). The van der Waals surface area contributed by atoms with E-state index in [2.05, 4.69) is 16.3 Å². The third kappa shape index (κ3) is 3.52. The van der Waals surface area contributed by atoms with E-state index < -0.39 is 10.0 Å². The van der Waals surface area contributed by atoms with E-state index in [0.29, 0.717) is 18.0 Å². The summed E-state index contributed by atoms with van der Waals surface area (Å²) in [7, 11) is -1.51. The van der Waals surface area contributed by atoms with Gasteiger partial charge in [-0.25, -0.2) is 13.1 Å². The second-order valence-electron chi connectivity index (χ2n) is 4.84. The maximum Gasteiger partial charge on any atom is 0.241 e. The molecule has 0 atom stereocenters. The molecule has 1 aliphatic carbocycles. The lowest BCUT2D eigenvalue weighted by Crippen LogP contribution is -2.45. The first-order valence-corrected chi connectivity index (χ1v) is 9.87. The highest BCUT2D eigenvalue weighted by Gasteiger charge is 2.37. The summed E-state index contributed by atoms with van der Waals surface area (Å²) in [6.45, 7) is 1.24. The molecule has 4 nitrogen and oxygen atoms in total. The van der Waals surface area contributed by atoms with Gasteiger partial charge in [0.2, 0.25) is 10.0 Å². The summed E-state index contributed by atoms with van der Waals surface area (Å²) in [5.41, 5.74) is 0. The third-order valence-electron chi connectivity index (χ3n) is 3.57. The predicted octanol–water partition coefficient (Wildman–Crippen LogP) is 2.03. The molecule has 0 unspecified atom stereocenters. The third-order valence-corrected chi connectivity index (χ3v) is 7.46. The summed E-state index contributed by atoms with van der Waals surface area (Å²) in [6.07, 6.45) is 5.47. The second-order valence-corrected chi connectivity index (χ2v) is 8.88. The summed E-state index contributed by atoms with van der Waals surface area (Å²) >= 11 is 3.25. The minimum Gasteiger partial charge on any atom is -0.315 e. The van der Waals surface area contributed by atoms with Gasteiger partial charge in [-0.05, 0) is 32.2 Å². The van der Waals surface area contributed by atoms with Crippen LogP contribution < -0.4 is 10.0 Å². The van der Waals surface area contributed by atoms with Crippen LogP contribution in [0.4, 0.5) is 0 Å². The highest BCUT2D eigenvalue weighted by Crippen LogP contribution is 2.42. The maximum atomic E-state index is 12.2. The number of hydrogen-bond acceptors (Lipinski definition) is 5. The van der Waals surface area contributed by atoms with Crippen LogP contribution in [0.15, 0.2) is 16.3 Å². The van der Waals surface area contributed by atoms with Gasteiger partial charge in [-0.1, -0.05) is 6.42 Å². The largest absolute Gasteiger partial charge is 0.315 e. The Morgan fingerprint density at radius 3 is 2.74 bits per heavy atom. The minimum absolute atomic E-state index is 0.122. The fourth-order valence-corrected chi connectivity index (χ4v) is 5.52. The SMILES string of the molecule is CNCc1cc(S(=O)(=O)NCC2(SC)CCC2)cs1. The van der Waals surface area contributed by atoms with E-state index >= 15 is 0 Å². The van der Waals surface area contributed by atoms with E-state index in [1.807, 2.05) is 7.05 Å². The molecule has 0 spiro atoms. The van der Waals surface area contributed by atoms with Crippen LogP contribution in [-0.4, -0.2) is 33.0 Å². The number of rotatable bonds is 7. The normalized spacial score (nSPS) is 18.2. The van der Waals surface area contributed by atoms with E-state index in [-0.39, 0.29) is 4.75 Å². The standard InChI is InChI=1S/C12H20N2O2S3/c1-13-7-10-6-11(8-18-10)19(15,16)14-9-12(17-2)4-3-5-12/h6,8,13-14H,3-5,7,9H2,1-2H3. The van der Waals surface area contributed by atoms with Crippen molar-refractivity contribution in [3.8, 4) is 0 Å². The number of hydrogen-bond donors (Lipinski definition) is 2. The van der Waals surface area contributed by atoms with Gasteiger partial charge in [0.15, 0.2) is 0 Å². The van der Waals surface area contributed by atoms with E-state index in [0.717, 1.165) is 17.7 Å². The Morgan fingerprint density at radius 1 is 1.47 bits per heavy atom. The molecule has 1 aliphatic rings. The highest BCUT2D eigenvalue weighted by molar-refractivity contribution is 8.00. The quantitative estimate of drug-likeness (QED) is 0.807. The molecule has 19 heavy (non-hydrogen) atoms. The first kappa shape index (κ1) is 15.3. The molecule has 0 saturated heterocycles. The molecule has 1 aromatic heterocycles. The Hall–Kier alpha value is -0.0800. The van der Waals surface area contributed by atoms with Gasteiger partial charge in [-0.3, -0.25) is 0 Å². The molecule has 0 radical (unpaired) electrons. The van der Waals surface area contributed by atoms with E-state index in [1.165, 1.54) is 17.8 Å². The molecular weight excluding hydrogens is 300 g/mol. The molecule has 108 valence electrons. The average Bonchev–Trinajstić information content (AvgIpc) is 2.78. The Morgan fingerprint density at radius 2 is 2.21 bits per heavy atom. The van der Waals surface area contributed by atoms with Crippen molar-refractivity contribution >= 4 is 33.1 Å². The Balaban J connectivity index is 2.01. The van der Waals surface area contributed by atoms with Gasteiger partial charge in [-0.2, -0.15) is 11.8 Å².